The van der Waals surface area contributed by atoms with E-state index in [1.165, 1.54) is 60.8 Å². The lowest BCUT2D eigenvalue weighted by Gasteiger charge is -2.09. The monoisotopic (exact) mass is 429 g/mol. The van der Waals surface area contributed by atoms with Crippen LogP contribution in [-0.2, 0) is 10.0 Å². The second kappa shape index (κ2) is 8.76. The number of halogens is 1. The Kier molecular flexibility index (Phi) is 6.16. The summed E-state index contributed by atoms with van der Waals surface area (Å²) in [5, 5.41) is 13.9. The molecule has 3 aromatic carbocycles. The van der Waals surface area contributed by atoms with Crippen LogP contribution in [0.5, 0.6) is 5.75 Å². The summed E-state index contributed by atoms with van der Waals surface area (Å²) in [6, 6.07) is 18.2. The molecule has 9 heteroatoms. The lowest BCUT2D eigenvalue weighted by molar-refractivity contribution is 0.0955. The van der Waals surface area contributed by atoms with Crippen molar-refractivity contribution in [1.29, 1.82) is 0 Å². The van der Waals surface area contributed by atoms with Crippen molar-refractivity contribution in [1.82, 2.24) is 5.43 Å². The fourth-order valence-electron chi connectivity index (χ4n) is 2.34. The average molecular weight is 430 g/mol. The third-order valence-electron chi connectivity index (χ3n) is 3.83. The van der Waals surface area contributed by atoms with E-state index in [1.807, 2.05) is 0 Å². The lowest BCUT2D eigenvalue weighted by atomic mass is 10.2. The summed E-state index contributed by atoms with van der Waals surface area (Å²) in [5.41, 5.74) is 3.39. The van der Waals surface area contributed by atoms with Gasteiger partial charge >= 0.3 is 0 Å². The second-order valence-electron chi connectivity index (χ2n) is 5.89. The molecule has 0 saturated carbocycles. The summed E-state index contributed by atoms with van der Waals surface area (Å²) in [7, 11) is -3.77. The van der Waals surface area contributed by atoms with Crippen molar-refractivity contribution in [3.63, 3.8) is 0 Å². The van der Waals surface area contributed by atoms with Gasteiger partial charge in [0.1, 0.15) is 5.75 Å². The van der Waals surface area contributed by atoms with Crippen molar-refractivity contribution in [3.05, 3.63) is 88.9 Å². The van der Waals surface area contributed by atoms with E-state index in [2.05, 4.69) is 15.2 Å². The Morgan fingerprint density at radius 2 is 1.62 bits per heavy atom. The van der Waals surface area contributed by atoms with Crippen LogP contribution in [0.3, 0.4) is 0 Å². The van der Waals surface area contributed by atoms with Crippen LogP contribution in [0.4, 0.5) is 5.69 Å². The highest BCUT2D eigenvalue weighted by molar-refractivity contribution is 7.92. The fourth-order valence-corrected chi connectivity index (χ4v) is 3.52. The number of hydrogen-bond acceptors (Lipinski definition) is 5. The van der Waals surface area contributed by atoms with E-state index in [4.69, 9.17) is 11.6 Å². The highest BCUT2D eigenvalue weighted by atomic mass is 35.5. The highest BCUT2D eigenvalue weighted by Crippen LogP contribution is 2.19. The molecule has 0 radical (unpaired) electrons. The fraction of sp³-hybridized carbons (Fsp3) is 0. The van der Waals surface area contributed by atoms with Crippen molar-refractivity contribution in [2.24, 2.45) is 5.10 Å². The van der Waals surface area contributed by atoms with Gasteiger partial charge in [-0.05, 0) is 60.7 Å². The summed E-state index contributed by atoms with van der Waals surface area (Å²) in [6.45, 7) is 0. The van der Waals surface area contributed by atoms with Crippen LogP contribution in [0, 0.1) is 0 Å². The Morgan fingerprint density at radius 1 is 0.966 bits per heavy atom. The zero-order chi connectivity index (χ0) is 20.9. The molecule has 3 aromatic rings. The normalized spacial score (nSPS) is 11.3. The molecule has 0 aliphatic rings. The summed E-state index contributed by atoms with van der Waals surface area (Å²) < 4.78 is 27.2. The van der Waals surface area contributed by atoms with Crippen molar-refractivity contribution in [3.8, 4) is 5.75 Å². The minimum atomic E-state index is -3.77. The van der Waals surface area contributed by atoms with Gasteiger partial charge in [0.05, 0.1) is 11.1 Å². The van der Waals surface area contributed by atoms with Gasteiger partial charge in [-0.1, -0.05) is 23.7 Å². The lowest BCUT2D eigenvalue weighted by Crippen LogP contribution is -2.18. The number of hydrogen-bond donors (Lipinski definition) is 3. The Morgan fingerprint density at radius 3 is 2.28 bits per heavy atom. The van der Waals surface area contributed by atoms with Gasteiger partial charge in [-0.25, -0.2) is 13.8 Å². The Balaban J connectivity index is 1.64. The van der Waals surface area contributed by atoms with Gasteiger partial charge in [0, 0.05) is 21.8 Å². The first-order valence-electron chi connectivity index (χ1n) is 8.35. The number of rotatable bonds is 6. The molecule has 0 fully saturated rings. The summed E-state index contributed by atoms with van der Waals surface area (Å²) in [5.74, 6) is -0.438. The maximum atomic E-state index is 12.4. The molecule has 29 heavy (non-hydrogen) atoms. The van der Waals surface area contributed by atoms with Gasteiger partial charge in [-0.3, -0.25) is 9.52 Å². The number of benzene rings is 3. The topological polar surface area (TPSA) is 108 Å². The number of carbonyl (C=O) groups excluding carboxylic acids is 1. The number of carbonyl (C=O) groups is 1. The number of hydrazone groups is 1. The molecule has 0 spiro atoms. The van der Waals surface area contributed by atoms with E-state index in [0.717, 1.165) is 0 Å². The van der Waals surface area contributed by atoms with Gasteiger partial charge in [0.25, 0.3) is 15.9 Å². The summed E-state index contributed by atoms with van der Waals surface area (Å²) in [4.78, 5) is 12.2. The predicted molar refractivity (Wildman–Crippen MR) is 112 cm³/mol. The van der Waals surface area contributed by atoms with Crippen LogP contribution in [-0.4, -0.2) is 25.6 Å². The third kappa shape index (κ3) is 5.34. The second-order valence-corrected chi connectivity index (χ2v) is 8.01. The number of sulfonamides is 1. The van der Waals surface area contributed by atoms with Crippen LogP contribution in [0.1, 0.15) is 15.9 Å². The molecular formula is C20H16ClN3O4S. The molecule has 0 saturated heterocycles. The maximum absolute atomic E-state index is 12.4. The zero-order valence-electron chi connectivity index (χ0n) is 14.9. The van der Waals surface area contributed by atoms with E-state index in [9.17, 15) is 18.3 Å². The number of nitrogens with zero attached hydrogens (tertiary/aromatic N) is 1. The quantitative estimate of drug-likeness (QED) is 0.411. The molecule has 0 aliphatic carbocycles. The molecule has 3 rings (SSSR count). The summed E-state index contributed by atoms with van der Waals surface area (Å²) in [6.07, 6.45) is 1.32. The molecular weight excluding hydrogens is 414 g/mol. The third-order valence-corrected chi connectivity index (χ3v) is 5.48. The predicted octanol–water partition coefficient (Wildman–Crippen LogP) is 3.61. The van der Waals surface area contributed by atoms with E-state index in [1.54, 1.807) is 18.2 Å². The van der Waals surface area contributed by atoms with Gasteiger partial charge in [-0.2, -0.15) is 5.10 Å². The molecule has 0 unspecified atom stereocenters. The van der Waals surface area contributed by atoms with E-state index >= 15 is 0 Å². The SMILES string of the molecule is O=C(N/N=C\c1ccccc1O)c1ccc(NS(=O)(=O)c2ccc(Cl)cc2)cc1. The zero-order valence-corrected chi connectivity index (χ0v) is 16.5. The number of nitrogens with one attached hydrogen (secondary N) is 2. The van der Waals surface area contributed by atoms with Crippen LogP contribution >= 0.6 is 11.6 Å². The molecule has 0 aliphatic heterocycles. The molecule has 0 heterocycles. The van der Waals surface area contributed by atoms with Gasteiger partial charge in [0.2, 0.25) is 0 Å². The first kappa shape index (κ1) is 20.4. The molecule has 1 amide bonds. The Hall–Kier alpha value is -3.36. The molecule has 0 atom stereocenters. The Bertz CT molecular complexity index is 1150. The molecule has 7 nitrogen and oxygen atoms in total. The first-order chi connectivity index (χ1) is 13.8. The van der Waals surface area contributed by atoms with Crippen LogP contribution in [0.25, 0.3) is 0 Å². The molecule has 0 bridgehead atoms. The molecule has 0 aromatic heterocycles. The molecule has 3 N–H and O–H groups in total. The average Bonchev–Trinajstić information content (AvgIpc) is 2.70. The maximum Gasteiger partial charge on any atom is 0.271 e. The van der Waals surface area contributed by atoms with Gasteiger partial charge < -0.3 is 5.11 Å². The summed E-state index contributed by atoms with van der Waals surface area (Å²) >= 11 is 5.77. The minimum absolute atomic E-state index is 0.0443. The van der Waals surface area contributed by atoms with Gasteiger partial charge in [0.15, 0.2) is 0 Å². The van der Waals surface area contributed by atoms with E-state index in [0.29, 0.717) is 16.3 Å². The van der Waals surface area contributed by atoms with Gasteiger partial charge in [-0.15, -0.1) is 0 Å². The number of phenolic OH excluding ortho intramolecular Hbond substituents is 1. The smallest absolute Gasteiger partial charge is 0.271 e. The van der Waals surface area contributed by atoms with Crippen molar-refractivity contribution in [2.75, 3.05) is 4.72 Å². The molecule has 148 valence electrons. The first-order valence-corrected chi connectivity index (χ1v) is 10.2. The largest absolute Gasteiger partial charge is 0.507 e. The van der Waals surface area contributed by atoms with Crippen molar-refractivity contribution < 1.29 is 18.3 Å². The van der Waals surface area contributed by atoms with E-state index < -0.39 is 15.9 Å². The number of anilines is 1. The Labute approximate surface area is 172 Å². The minimum Gasteiger partial charge on any atom is -0.507 e. The number of amides is 1. The number of aromatic hydroxyl groups is 1. The van der Waals surface area contributed by atoms with Crippen molar-refractivity contribution >= 4 is 39.4 Å². The number of phenols is 1. The van der Waals surface area contributed by atoms with Crippen LogP contribution in [0.15, 0.2) is 82.8 Å². The highest BCUT2D eigenvalue weighted by Gasteiger charge is 2.14. The van der Waals surface area contributed by atoms with E-state index in [-0.39, 0.29) is 16.2 Å². The van der Waals surface area contributed by atoms with Crippen LogP contribution in [0.2, 0.25) is 5.02 Å². The number of para-hydroxylation sites is 1. The standard InChI is InChI=1S/C20H16ClN3O4S/c21-16-7-11-18(12-8-16)29(27,28)24-17-9-5-14(6-10-17)20(26)23-22-13-15-3-1-2-4-19(15)25/h1-13,24-25H,(H,23,26)/b22-13-. The van der Waals surface area contributed by atoms with Crippen molar-refractivity contribution in [2.45, 2.75) is 4.90 Å². The van der Waals surface area contributed by atoms with Crippen LogP contribution < -0.4 is 10.1 Å².